The van der Waals surface area contributed by atoms with Crippen molar-refractivity contribution in [2.24, 2.45) is 0 Å². The molecule has 0 bridgehead atoms. The number of methoxy groups -OCH3 is 2. The van der Waals surface area contributed by atoms with Crippen LogP contribution >= 0.6 is 23.4 Å². The molecule has 1 rings (SSSR count). The first-order valence-electron chi connectivity index (χ1n) is 4.88. The number of halogens is 1. The summed E-state index contributed by atoms with van der Waals surface area (Å²) in [5, 5.41) is 0.593. The van der Waals surface area contributed by atoms with Gasteiger partial charge >= 0.3 is 11.9 Å². The van der Waals surface area contributed by atoms with E-state index in [-0.39, 0.29) is 4.91 Å². The lowest BCUT2D eigenvalue weighted by Crippen LogP contribution is -2.05. The Morgan fingerprint density at radius 3 is 2.28 bits per heavy atom. The summed E-state index contributed by atoms with van der Waals surface area (Å²) in [6, 6.07) is 6.86. The monoisotopic (exact) mass is 286 g/mol. The summed E-state index contributed by atoms with van der Waals surface area (Å²) in [4.78, 5) is 23.5. The molecule has 18 heavy (non-hydrogen) atoms. The van der Waals surface area contributed by atoms with Gasteiger partial charge in [0, 0.05) is 16.0 Å². The zero-order chi connectivity index (χ0) is 13.5. The number of hydrogen-bond acceptors (Lipinski definition) is 5. The van der Waals surface area contributed by atoms with Crippen molar-refractivity contribution in [1.82, 2.24) is 0 Å². The lowest BCUT2D eigenvalue weighted by molar-refractivity contribution is -0.137. The second kappa shape index (κ2) is 7.08. The summed E-state index contributed by atoms with van der Waals surface area (Å²) >= 11 is 6.86. The fraction of sp³-hybridized carbons (Fsp3) is 0.167. The Hall–Kier alpha value is -1.46. The van der Waals surface area contributed by atoms with Crippen molar-refractivity contribution >= 4 is 35.3 Å². The number of rotatable bonds is 4. The Morgan fingerprint density at radius 1 is 1.17 bits per heavy atom. The lowest BCUT2D eigenvalue weighted by Gasteiger charge is -2.05. The average Bonchev–Trinajstić information content (AvgIpc) is 2.39. The van der Waals surface area contributed by atoms with Crippen LogP contribution in [0, 0.1) is 0 Å². The number of carbonyl (C=O) groups is 2. The molecule has 0 N–H and O–H groups in total. The highest BCUT2D eigenvalue weighted by atomic mass is 35.5. The maximum Gasteiger partial charge on any atom is 0.344 e. The highest BCUT2D eigenvalue weighted by molar-refractivity contribution is 8.04. The summed E-state index contributed by atoms with van der Waals surface area (Å²) in [6.45, 7) is 0. The first-order chi connectivity index (χ1) is 8.56. The van der Waals surface area contributed by atoms with E-state index in [1.807, 2.05) is 0 Å². The number of esters is 2. The van der Waals surface area contributed by atoms with E-state index in [1.165, 1.54) is 14.2 Å². The van der Waals surface area contributed by atoms with E-state index in [9.17, 15) is 9.59 Å². The zero-order valence-electron chi connectivity index (χ0n) is 9.81. The van der Waals surface area contributed by atoms with E-state index in [2.05, 4.69) is 9.47 Å². The van der Waals surface area contributed by atoms with Crippen molar-refractivity contribution in [3.8, 4) is 0 Å². The molecule has 0 heterocycles. The van der Waals surface area contributed by atoms with Gasteiger partial charge in [0.25, 0.3) is 0 Å². The van der Waals surface area contributed by atoms with Crippen LogP contribution in [0.15, 0.2) is 40.1 Å². The number of thioether (sulfide) groups is 1. The number of benzene rings is 1. The fourth-order valence-corrected chi connectivity index (χ4v) is 2.00. The second-order valence-corrected chi connectivity index (χ2v) is 4.63. The Kier molecular flexibility index (Phi) is 5.74. The number of carbonyl (C=O) groups excluding carboxylic acids is 2. The molecule has 0 aliphatic heterocycles. The smallest absolute Gasteiger partial charge is 0.344 e. The minimum Gasteiger partial charge on any atom is -0.466 e. The molecular weight excluding hydrogens is 276 g/mol. The molecule has 0 radical (unpaired) electrons. The first kappa shape index (κ1) is 14.6. The van der Waals surface area contributed by atoms with Gasteiger partial charge in [0.05, 0.1) is 14.2 Å². The van der Waals surface area contributed by atoms with Gasteiger partial charge in [-0.15, -0.1) is 0 Å². The van der Waals surface area contributed by atoms with Crippen LogP contribution in [0.25, 0.3) is 0 Å². The van der Waals surface area contributed by atoms with Gasteiger partial charge in [0.2, 0.25) is 0 Å². The highest BCUT2D eigenvalue weighted by Crippen LogP contribution is 2.28. The molecule has 0 saturated carbocycles. The third kappa shape index (κ3) is 4.43. The van der Waals surface area contributed by atoms with Gasteiger partial charge in [-0.2, -0.15) is 0 Å². The van der Waals surface area contributed by atoms with E-state index in [0.29, 0.717) is 5.02 Å². The minimum atomic E-state index is -0.614. The number of ether oxygens (including phenoxy) is 2. The molecule has 0 amide bonds. The topological polar surface area (TPSA) is 52.6 Å². The summed E-state index contributed by atoms with van der Waals surface area (Å²) in [5.41, 5.74) is 0. The van der Waals surface area contributed by atoms with E-state index in [0.717, 1.165) is 22.7 Å². The van der Waals surface area contributed by atoms with Crippen molar-refractivity contribution in [2.45, 2.75) is 4.90 Å². The Morgan fingerprint density at radius 2 is 1.78 bits per heavy atom. The van der Waals surface area contributed by atoms with Crippen molar-refractivity contribution in [3.05, 3.63) is 40.3 Å². The standard InChI is InChI=1S/C12H11ClO4S/c1-16-11(14)7-10(12(15)17-2)18-9-5-3-8(13)4-6-9/h3-7H,1-2H3/b10-7-. The number of hydrogen-bond donors (Lipinski definition) is 0. The molecule has 0 saturated heterocycles. The van der Waals surface area contributed by atoms with Gasteiger partial charge in [-0.3, -0.25) is 0 Å². The SMILES string of the molecule is COC(=O)/C=C(\Sc1ccc(Cl)cc1)C(=O)OC. The van der Waals surface area contributed by atoms with Gasteiger partial charge in [0.15, 0.2) is 0 Å². The van der Waals surface area contributed by atoms with Crippen LogP contribution in [-0.2, 0) is 19.1 Å². The molecule has 0 atom stereocenters. The minimum absolute atomic E-state index is 0.145. The first-order valence-corrected chi connectivity index (χ1v) is 6.07. The molecular formula is C12H11ClO4S. The van der Waals surface area contributed by atoms with E-state index in [4.69, 9.17) is 11.6 Å². The molecule has 0 aliphatic carbocycles. The zero-order valence-corrected chi connectivity index (χ0v) is 11.4. The third-order valence-electron chi connectivity index (χ3n) is 1.88. The van der Waals surface area contributed by atoms with Gasteiger partial charge in [-0.05, 0) is 24.3 Å². The van der Waals surface area contributed by atoms with Crippen molar-refractivity contribution in [1.29, 1.82) is 0 Å². The summed E-state index contributed by atoms with van der Waals surface area (Å²) in [6.07, 6.45) is 1.09. The van der Waals surface area contributed by atoms with Gasteiger partial charge in [-0.1, -0.05) is 23.4 Å². The van der Waals surface area contributed by atoms with Gasteiger partial charge in [0.1, 0.15) is 4.91 Å². The summed E-state index contributed by atoms with van der Waals surface area (Å²) < 4.78 is 9.07. The Bertz CT molecular complexity index is 467. The van der Waals surface area contributed by atoms with Crippen LogP contribution in [0.3, 0.4) is 0 Å². The van der Waals surface area contributed by atoms with Crippen LogP contribution in [0.5, 0.6) is 0 Å². The molecule has 0 aromatic heterocycles. The summed E-state index contributed by atoms with van der Waals surface area (Å²) in [7, 11) is 2.48. The highest BCUT2D eigenvalue weighted by Gasteiger charge is 2.14. The molecule has 6 heteroatoms. The molecule has 1 aromatic carbocycles. The predicted octanol–water partition coefficient (Wildman–Crippen LogP) is 2.66. The molecule has 0 spiro atoms. The average molecular weight is 287 g/mol. The second-order valence-electron chi connectivity index (χ2n) is 3.08. The van der Waals surface area contributed by atoms with Gasteiger partial charge in [-0.25, -0.2) is 9.59 Å². The van der Waals surface area contributed by atoms with Crippen LogP contribution < -0.4 is 0 Å². The molecule has 1 aromatic rings. The Balaban J connectivity index is 2.91. The quantitative estimate of drug-likeness (QED) is 0.484. The lowest BCUT2D eigenvalue weighted by atomic mass is 10.4. The fourth-order valence-electron chi connectivity index (χ4n) is 1.03. The van der Waals surface area contributed by atoms with E-state index < -0.39 is 11.9 Å². The van der Waals surface area contributed by atoms with Crippen LogP contribution in [0.4, 0.5) is 0 Å². The maximum absolute atomic E-state index is 11.5. The molecule has 0 fully saturated rings. The van der Waals surface area contributed by atoms with Crippen molar-refractivity contribution in [2.75, 3.05) is 14.2 Å². The maximum atomic E-state index is 11.5. The molecule has 0 aliphatic rings. The van der Waals surface area contributed by atoms with Crippen LogP contribution in [-0.4, -0.2) is 26.2 Å². The largest absolute Gasteiger partial charge is 0.466 e. The van der Waals surface area contributed by atoms with Crippen molar-refractivity contribution < 1.29 is 19.1 Å². The molecule has 4 nitrogen and oxygen atoms in total. The van der Waals surface area contributed by atoms with E-state index >= 15 is 0 Å². The third-order valence-corrected chi connectivity index (χ3v) is 3.14. The molecule has 96 valence electrons. The Labute approximate surface area is 114 Å². The van der Waals surface area contributed by atoms with Crippen LogP contribution in [0.1, 0.15) is 0 Å². The summed E-state index contributed by atoms with van der Waals surface area (Å²) in [5.74, 6) is -1.21. The van der Waals surface area contributed by atoms with Gasteiger partial charge < -0.3 is 9.47 Å². The van der Waals surface area contributed by atoms with Crippen LogP contribution in [0.2, 0.25) is 5.02 Å². The normalized spacial score (nSPS) is 10.9. The van der Waals surface area contributed by atoms with E-state index in [1.54, 1.807) is 24.3 Å². The predicted molar refractivity (Wildman–Crippen MR) is 69.4 cm³/mol. The molecule has 0 unspecified atom stereocenters. The van der Waals surface area contributed by atoms with Crippen molar-refractivity contribution in [3.63, 3.8) is 0 Å².